The second-order valence-electron chi connectivity index (χ2n) is 5.87. The van der Waals surface area contributed by atoms with Gasteiger partial charge in [0.1, 0.15) is 0 Å². The van der Waals surface area contributed by atoms with Crippen molar-refractivity contribution >= 4 is 5.91 Å². The number of fused-ring (bicyclic) bond motifs is 2. The van der Waals surface area contributed by atoms with Crippen molar-refractivity contribution in [2.45, 2.75) is 44.4 Å². The molecule has 1 aromatic carbocycles. The summed E-state index contributed by atoms with van der Waals surface area (Å²) < 4.78 is 5.80. The number of nitrogens with zero attached hydrogens (tertiary/aromatic N) is 1. The molecule has 2 aliphatic heterocycles. The van der Waals surface area contributed by atoms with E-state index in [-0.39, 0.29) is 5.91 Å². The van der Waals surface area contributed by atoms with E-state index in [1.165, 1.54) is 0 Å². The number of hydrogen-bond donors (Lipinski definition) is 1. The normalized spacial score (nSPS) is 26.4. The summed E-state index contributed by atoms with van der Waals surface area (Å²) >= 11 is 0. The average Bonchev–Trinajstić information content (AvgIpc) is 2.78. The number of hydrogen-bond acceptors (Lipinski definition) is 3. The van der Waals surface area contributed by atoms with E-state index in [1.54, 1.807) is 0 Å². The maximum atomic E-state index is 13.1. The van der Waals surface area contributed by atoms with Crippen LogP contribution in [0.2, 0.25) is 0 Å². The van der Waals surface area contributed by atoms with E-state index in [0.717, 1.165) is 37.9 Å². The molecule has 3 rings (SSSR count). The fraction of sp³-hybridized carbons (Fsp3) is 0.588. The Hall–Kier alpha value is -1.39. The van der Waals surface area contributed by atoms with Gasteiger partial charge in [0.15, 0.2) is 6.10 Å². The summed E-state index contributed by atoms with van der Waals surface area (Å²) in [4.78, 5) is 15.2. The van der Waals surface area contributed by atoms with Crippen LogP contribution in [0.1, 0.15) is 37.9 Å². The molecule has 3 unspecified atom stereocenters. The molecule has 114 valence electrons. The minimum atomic E-state index is -0.461. The Morgan fingerprint density at radius 2 is 2.05 bits per heavy atom. The largest absolute Gasteiger partial charge is 0.364 e. The molecule has 4 heteroatoms. The number of rotatable bonds is 4. The second kappa shape index (κ2) is 6.58. The zero-order valence-corrected chi connectivity index (χ0v) is 12.6. The smallest absolute Gasteiger partial charge is 0.256 e. The second-order valence-corrected chi connectivity index (χ2v) is 5.87. The van der Waals surface area contributed by atoms with Gasteiger partial charge in [0.05, 0.1) is 0 Å². The minimum absolute atomic E-state index is 0.138. The molecule has 2 bridgehead atoms. The maximum absolute atomic E-state index is 13.1. The van der Waals surface area contributed by atoms with E-state index in [9.17, 15) is 4.79 Å². The Morgan fingerprint density at radius 1 is 1.29 bits per heavy atom. The predicted molar refractivity (Wildman–Crippen MR) is 82.0 cm³/mol. The van der Waals surface area contributed by atoms with Crippen molar-refractivity contribution < 1.29 is 9.53 Å². The van der Waals surface area contributed by atoms with Crippen LogP contribution in [0.5, 0.6) is 0 Å². The van der Waals surface area contributed by atoms with E-state index in [1.807, 2.05) is 37.3 Å². The predicted octanol–water partition coefficient (Wildman–Crippen LogP) is 2.12. The molecule has 2 heterocycles. The molecule has 3 atom stereocenters. The van der Waals surface area contributed by atoms with Gasteiger partial charge in [0.25, 0.3) is 5.91 Å². The van der Waals surface area contributed by atoms with Crippen molar-refractivity contribution in [3.05, 3.63) is 35.9 Å². The van der Waals surface area contributed by atoms with Crippen LogP contribution in [0.15, 0.2) is 30.3 Å². The molecule has 21 heavy (non-hydrogen) atoms. The SMILES string of the molecule is CCOC(C(=O)N1C2CCNCC1CC2)c1ccccc1. The van der Waals surface area contributed by atoms with E-state index < -0.39 is 6.10 Å². The van der Waals surface area contributed by atoms with Crippen LogP contribution >= 0.6 is 0 Å². The number of amides is 1. The Balaban J connectivity index is 1.84. The zero-order chi connectivity index (χ0) is 14.7. The number of ether oxygens (including phenoxy) is 1. The number of nitrogens with one attached hydrogen (secondary N) is 1. The lowest BCUT2D eigenvalue weighted by atomic mass is 10.1. The highest BCUT2D eigenvalue weighted by atomic mass is 16.5. The van der Waals surface area contributed by atoms with E-state index in [4.69, 9.17) is 4.74 Å². The van der Waals surface area contributed by atoms with Gasteiger partial charge in [-0.05, 0) is 38.3 Å². The zero-order valence-electron chi connectivity index (χ0n) is 12.6. The summed E-state index contributed by atoms with van der Waals surface area (Å²) in [6.07, 6.45) is 2.83. The van der Waals surface area contributed by atoms with Gasteiger partial charge in [-0.1, -0.05) is 30.3 Å². The fourth-order valence-corrected chi connectivity index (χ4v) is 3.58. The first-order chi connectivity index (χ1) is 10.3. The summed E-state index contributed by atoms with van der Waals surface area (Å²) in [5.41, 5.74) is 0.959. The molecule has 1 N–H and O–H groups in total. The van der Waals surface area contributed by atoms with Gasteiger partial charge in [-0.15, -0.1) is 0 Å². The maximum Gasteiger partial charge on any atom is 0.256 e. The molecular weight excluding hydrogens is 264 g/mol. The Bertz CT molecular complexity index is 463. The average molecular weight is 288 g/mol. The van der Waals surface area contributed by atoms with Crippen molar-refractivity contribution in [3.8, 4) is 0 Å². The Labute approximate surface area is 126 Å². The van der Waals surface area contributed by atoms with Crippen LogP contribution in [-0.2, 0) is 9.53 Å². The van der Waals surface area contributed by atoms with Gasteiger partial charge in [-0.3, -0.25) is 4.79 Å². The van der Waals surface area contributed by atoms with Crippen LogP contribution in [0.25, 0.3) is 0 Å². The van der Waals surface area contributed by atoms with E-state index >= 15 is 0 Å². The third-order valence-electron chi connectivity index (χ3n) is 4.57. The Kier molecular flexibility index (Phi) is 4.56. The van der Waals surface area contributed by atoms with Crippen LogP contribution in [0.3, 0.4) is 0 Å². The third-order valence-corrected chi connectivity index (χ3v) is 4.57. The van der Waals surface area contributed by atoms with Crippen LogP contribution in [0.4, 0.5) is 0 Å². The number of benzene rings is 1. The van der Waals surface area contributed by atoms with Crippen LogP contribution < -0.4 is 5.32 Å². The molecule has 0 aromatic heterocycles. The summed E-state index contributed by atoms with van der Waals surface area (Å²) in [6.45, 7) is 4.42. The third kappa shape index (κ3) is 2.97. The van der Waals surface area contributed by atoms with E-state index in [0.29, 0.717) is 18.7 Å². The molecule has 2 aliphatic rings. The van der Waals surface area contributed by atoms with Crippen molar-refractivity contribution in [1.29, 1.82) is 0 Å². The number of carbonyl (C=O) groups excluding carboxylic acids is 1. The highest BCUT2D eigenvalue weighted by Gasteiger charge is 2.41. The van der Waals surface area contributed by atoms with Gasteiger partial charge < -0.3 is 15.0 Å². The van der Waals surface area contributed by atoms with Gasteiger partial charge in [0, 0.05) is 25.2 Å². The lowest BCUT2D eigenvalue weighted by molar-refractivity contribution is -0.146. The van der Waals surface area contributed by atoms with Gasteiger partial charge in [0.2, 0.25) is 0 Å². The minimum Gasteiger partial charge on any atom is -0.364 e. The first-order valence-corrected chi connectivity index (χ1v) is 8.00. The van der Waals surface area contributed by atoms with Crippen molar-refractivity contribution in [2.24, 2.45) is 0 Å². The fourth-order valence-electron chi connectivity index (χ4n) is 3.58. The topological polar surface area (TPSA) is 41.6 Å². The highest BCUT2D eigenvalue weighted by molar-refractivity contribution is 5.83. The molecule has 1 aromatic rings. The first-order valence-electron chi connectivity index (χ1n) is 8.00. The molecule has 1 amide bonds. The van der Waals surface area contributed by atoms with Gasteiger partial charge in [-0.2, -0.15) is 0 Å². The van der Waals surface area contributed by atoms with Crippen LogP contribution in [-0.4, -0.2) is 42.6 Å². The molecular formula is C17H24N2O2. The highest BCUT2D eigenvalue weighted by Crippen LogP contribution is 2.32. The quantitative estimate of drug-likeness (QED) is 0.922. The van der Waals surface area contributed by atoms with Crippen LogP contribution in [0, 0.1) is 0 Å². The molecule has 0 aliphatic carbocycles. The first kappa shape index (κ1) is 14.5. The summed E-state index contributed by atoms with van der Waals surface area (Å²) in [5.74, 6) is 0.138. The summed E-state index contributed by atoms with van der Waals surface area (Å²) in [7, 11) is 0. The molecule has 0 spiro atoms. The molecule has 0 saturated carbocycles. The Morgan fingerprint density at radius 3 is 2.81 bits per heavy atom. The lowest BCUT2D eigenvalue weighted by Gasteiger charge is -2.31. The van der Waals surface area contributed by atoms with Crippen molar-refractivity contribution in [3.63, 3.8) is 0 Å². The van der Waals surface area contributed by atoms with Crippen molar-refractivity contribution in [1.82, 2.24) is 10.2 Å². The van der Waals surface area contributed by atoms with Crippen molar-refractivity contribution in [2.75, 3.05) is 19.7 Å². The molecule has 0 radical (unpaired) electrons. The number of carbonyl (C=O) groups is 1. The summed E-state index contributed by atoms with van der Waals surface area (Å²) in [6, 6.07) is 10.6. The summed E-state index contributed by atoms with van der Waals surface area (Å²) in [5, 5.41) is 3.44. The van der Waals surface area contributed by atoms with Gasteiger partial charge >= 0.3 is 0 Å². The van der Waals surface area contributed by atoms with E-state index in [2.05, 4.69) is 10.2 Å². The molecule has 2 fully saturated rings. The van der Waals surface area contributed by atoms with Gasteiger partial charge in [-0.25, -0.2) is 0 Å². The monoisotopic (exact) mass is 288 g/mol. The molecule has 2 saturated heterocycles. The lowest BCUT2D eigenvalue weighted by Crippen LogP contribution is -2.45. The standard InChI is InChI=1S/C17H24N2O2/c1-2-21-16(13-6-4-3-5-7-13)17(20)19-14-8-9-15(19)12-18-11-10-14/h3-7,14-16,18H,2,8-12H2,1H3. The molecule has 4 nitrogen and oxygen atoms in total.